The fourth-order valence-corrected chi connectivity index (χ4v) is 5.58. The van der Waals surface area contributed by atoms with Crippen molar-refractivity contribution in [3.05, 3.63) is 120 Å². The topological polar surface area (TPSA) is 134 Å². The lowest BCUT2D eigenvalue weighted by Gasteiger charge is -2.23. The molecule has 0 bridgehead atoms. The van der Waals surface area contributed by atoms with Gasteiger partial charge in [-0.3, -0.25) is 24.5 Å². The number of hydrogen-bond donors (Lipinski definition) is 2. The van der Waals surface area contributed by atoms with Crippen LogP contribution in [0.1, 0.15) is 28.7 Å². The Labute approximate surface area is 286 Å². The van der Waals surface area contributed by atoms with E-state index in [1.165, 1.54) is 6.92 Å². The highest BCUT2D eigenvalue weighted by Crippen LogP contribution is 2.29. The highest BCUT2D eigenvalue weighted by molar-refractivity contribution is 7.90. The van der Waals surface area contributed by atoms with Gasteiger partial charge in [-0.25, -0.2) is 8.42 Å². The first kappa shape index (κ1) is 35.0. The lowest BCUT2D eigenvalue weighted by Crippen LogP contribution is -2.30. The maximum atomic E-state index is 13.1. The number of hydrogen-bond acceptors (Lipinski definition) is 10. The number of fused-ring (bicyclic) bond motifs is 1. The van der Waals surface area contributed by atoms with E-state index in [1.807, 2.05) is 78.7 Å². The number of ketones is 1. The summed E-state index contributed by atoms with van der Waals surface area (Å²) in [5, 5.41) is 8.17. The summed E-state index contributed by atoms with van der Waals surface area (Å²) >= 11 is 0. The normalized spacial score (nSPS) is 11.3. The molecule has 0 saturated carbocycles. The average molecular weight is 681 g/mol. The molecule has 0 aliphatic carbocycles. The molecule has 3 aromatic carbocycles. The van der Waals surface area contributed by atoms with Gasteiger partial charge in [-0.1, -0.05) is 30.3 Å². The molecule has 0 saturated heterocycles. The molecule has 12 heteroatoms. The molecule has 0 unspecified atom stereocenters. The van der Waals surface area contributed by atoms with Gasteiger partial charge in [0.25, 0.3) is 0 Å². The summed E-state index contributed by atoms with van der Waals surface area (Å²) in [5.41, 5.74) is 4.43. The lowest BCUT2D eigenvalue weighted by atomic mass is 10.0. The van der Waals surface area contributed by atoms with Crippen molar-refractivity contribution in [2.24, 2.45) is 0 Å². The average Bonchev–Trinajstić information content (AvgIpc) is 3.08. The summed E-state index contributed by atoms with van der Waals surface area (Å²) in [4.78, 5) is 37.8. The zero-order chi connectivity index (χ0) is 34.8. The van der Waals surface area contributed by atoms with Gasteiger partial charge in [0, 0.05) is 74.9 Å². The second-order valence-corrected chi connectivity index (χ2v) is 14.0. The van der Waals surface area contributed by atoms with Crippen molar-refractivity contribution in [2.75, 3.05) is 54.4 Å². The SMILES string of the molecule is CC(=O)c1ccc2cc(N(C)CC(=O)Nc3ccc(NCCN(Cc4ccccn4)Cc4ccccn4)c(OCS(C)(=O)=O)c3)ccc2c1. The van der Waals surface area contributed by atoms with Gasteiger partial charge < -0.3 is 20.3 Å². The second kappa shape index (κ2) is 16.2. The van der Waals surface area contributed by atoms with E-state index in [4.69, 9.17) is 4.74 Å². The third-order valence-corrected chi connectivity index (χ3v) is 8.26. The minimum absolute atomic E-state index is 0.00769. The summed E-state index contributed by atoms with van der Waals surface area (Å²) in [6, 6.07) is 28.1. The van der Waals surface area contributed by atoms with Gasteiger partial charge in [0.05, 0.1) is 23.6 Å². The van der Waals surface area contributed by atoms with Crippen molar-refractivity contribution in [3.63, 3.8) is 0 Å². The number of benzene rings is 3. The number of ether oxygens (including phenoxy) is 1. The van der Waals surface area contributed by atoms with Crippen LogP contribution in [0.4, 0.5) is 17.1 Å². The van der Waals surface area contributed by atoms with Crippen molar-refractivity contribution >= 4 is 49.4 Å². The number of rotatable bonds is 16. The van der Waals surface area contributed by atoms with Crippen LogP contribution in [0.2, 0.25) is 0 Å². The number of sulfone groups is 1. The number of anilines is 3. The summed E-state index contributed by atoms with van der Waals surface area (Å²) in [6.45, 7) is 4.01. The Hall–Kier alpha value is -5.33. The highest BCUT2D eigenvalue weighted by atomic mass is 32.2. The van der Waals surface area contributed by atoms with Gasteiger partial charge in [-0.05, 0) is 72.3 Å². The molecule has 5 rings (SSSR count). The van der Waals surface area contributed by atoms with Gasteiger partial charge in [0.2, 0.25) is 5.91 Å². The Kier molecular flexibility index (Phi) is 11.6. The van der Waals surface area contributed by atoms with Crippen molar-refractivity contribution in [2.45, 2.75) is 20.0 Å². The van der Waals surface area contributed by atoms with Gasteiger partial charge >= 0.3 is 0 Å². The molecule has 254 valence electrons. The number of carbonyl (C=O) groups is 2. The third-order valence-electron chi connectivity index (χ3n) is 7.71. The zero-order valence-electron chi connectivity index (χ0n) is 27.8. The van der Waals surface area contributed by atoms with E-state index < -0.39 is 15.8 Å². The first-order valence-corrected chi connectivity index (χ1v) is 17.8. The Morgan fingerprint density at radius 2 is 1.51 bits per heavy atom. The Balaban J connectivity index is 1.24. The number of likely N-dealkylation sites (N-methyl/N-ethyl adjacent to an activating group) is 1. The summed E-state index contributed by atoms with van der Waals surface area (Å²) < 4.78 is 29.6. The second-order valence-electron chi connectivity index (χ2n) is 11.9. The maximum absolute atomic E-state index is 13.1. The number of Topliss-reactive ketones (excluding diaryl/α,β-unsaturated/α-hetero) is 1. The van der Waals surface area contributed by atoms with Crippen LogP contribution in [-0.4, -0.2) is 73.9 Å². The zero-order valence-corrected chi connectivity index (χ0v) is 28.6. The molecule has 5 aromatic rings. The molecule has 2 heterocycles. The van der Waals surface area contributed by atoms with Gasteiger partial charge in [-0.2, -0.15) is 0 Å². The van der Waals surface area contributed by atoms with Gasteiger partial charge in [-0.15, -0.1) is 0 Å². The van der Waals surface area contributed by atoms with Crippen LogP contribution in [0.3, 0.4) is 0 Å². The molecule has 1 amide bonds. The lowest BCUT2D eigenvalue weighted by molar-refractivity contribution is -0.114. The van der Waals surface area contributed by atoms with E-state index in [0.717, 1.165) is 34.1 Å². The predicted octanol–water partition coefficient (Wildman–Crippen LogP) is 5.40. The van der Waals surface area contributed by atoms with Crippen molar-refractivity contribution < 1.29 is 22.7 Å². The van der Waals surface area contributed by atoms with E-state index in [-0.39, 0.29) is 18.2 Å². The van der Waals surface area contributed by atoms with E-state index in [0.29, 0.717) is 48.9 Å². The quantitative estimate of drug-likeness (QED) is 0.131. The van der Waals surface area contributed by atoms with Crippen LogP contribution >= 0.6 is 0 Å². The Morgan fingerprint density at radius 3 is 2.14 bits per heavy atom. The van der Waals surface area contributed by atoms with Crippen LogP contribution in [0.15, 0.2) is 103 Å². The Bertz CT molecular complexity index is 1970. The summed E-state index contributed by atoms with van der Waals surface area (Å²) in [5.74, 6) is -0.460. The van der Waals surface area contributed by atoms with Crippen LogP contribution in [0.5, 0.6) is 5.75 Å². The van der Waals surface area contributed by atoms with E-state index in [9.17, 15) is 18.0 Å². The number of nitrogens with zero attached hydrogens (tertiary/aromatic N) is 4. The van der Waals surface area contributed by atoms with E-state index in [1.54, 1.807) is 36.7 Å². The summed E-state index contributed by atoms with van der Waals surface area (Å²) in [6.07, 6.45) is 4.64. The van der Waals surface area contributed by atoms with Crippen LogP contribution in [-0.2, 0) is 27.7 Å². The predicted molar refractivity (Wildman–Crippen MR) is 194 cm³/mol. The Morgan fingerprint density at radius 1 is 0.837 bits per heavy atom. The first-order chi connectivity index (χ1) is 23.5. The molecule has 0 atom stereocenters. The van der Waals surface area contributed by atoms with Crippen molar-refractivity contribution in [3.8, 4) is 5.75 Å². The monoisotopic (exact) mass is 680 g/mol. The number of pyridine rings is 2. The fraction of sp³-hybridized carbons (Fsp3) is 0.243. The maximum Gasteiger partial charge on any atom is 0.243 e. The minimum atomic E-state index is -3.43. The molecule has 2 N–H and O–H groups in total. The van der Waals surface area contributed by atoms with Crippen LogP contribution in [0, 0.1) is 0 Å². The fourth-order valence-electron chi connectivity index (χ4n) is 5.24. The van der Waals surface area contributed by atoms with Crippen LogP contribution in [0.25, 0.3) is 10.8 Å². The molecule has 0 aliphatic heterocycles. The number of nitrogens with one attached hydrogen (secondary N) is 2. The standard InChI is InChI=1S/C37H40N6O5S/c1-27(44)28-10-11-30-21-34(14-12-29(30)20-28)42(2)25-37(45)41-31-13-15-35(36(22-31)48-26-49(3,46)47)40-18-19-43(23-32-8-4-6-16-38-32)24-33-9-5-7-17-39-33/h4-17,20-22,40H,18-19,23-26H2,1-3H3,(H,41,45). The summed E-state index contributed by atoms with van der Waals surface area (Å²) in [7, 11) is -1.61. The largest absolute Gasteiger partial charge is 0.476 e. The molecular formula is C37H40N6O5S. The molecule has 0 fully saturated rings. The van der Waals surface area contributed by atoms with E-state index >= 15 is 0 Å². The van der Waals surface area contributed by atoms with Crippen molar-refractivity contribution in [1.82, 2.24) is 14.9 Å². The molecule has 0 aliphatic rings. The first-order valence-electron chi connectivity index (χ1n) is 15.8. The number of aromatic nitrogens is 2. The molecule has 0 spiro atoms. The highest BCUT2D eigenvalue weighted by Gasteiger charge is 2.14. The number of carbonyl (C=O) groups excluding carboxylic acids is 2. The van der Waals surface area contributed by atoms with Crippen molar-refractivity contribution in [1.29, 1.82) is 0 Å². The smallest absolute Gasteiger partial charge is 0.243 e. The minimum Gasteiger partial charge on any atom is -0.476 e. The van der Waals surface area contributed by atoms with E-state index in [2.05, 4.69) is 25.5 Å². The van der Waals surface area contributed by atoms with Gasteiger partial charge in [0.1, 0.15) is 5.75 Å². The molecular weight excluding hydrogens is 641 g/mol. The third kappa shape index (κ3) is 10.6. The number of amides is 1. The molecule has 11 nitrogen and oxygen atoms in total. The molecule has 49 heavy (non-hydrogen) atoms. The van der Waals surface area contributed by atoms with Crippen LogP contribution < -0.4 is 20.3 Å². The molecule has 0 radical (unpaired) electrons. The van der Waals surface area contributed by atoms with Gasteiger partial charge in [0.15, 0.2) is 21.6 Å². The molecule has 2 aromatic heterocycles.